The van der Waals surface area contributed by atoms with E-state index in [9.17, 15) is 0 Å². The third-order valence-corrected chi connectivity index (χ3v) is 4.19. The summed E-state index contributed by atoms with van der Waals surface area (Å²) in [5.41, 5.74) is 5.05. The minimum absolute atomic E-state index is 0.736. The van der Waals surface area contributed by atoms with Crippen LogP contribution in [0, 0.1) is 0 Å². The van der Waals surface area contributed by atoms with E-state index in [1.54, 1.807) is 0 Å². The summed E-state index contributed by atoms with van der Waals surface area (Å²) >= 11 is 0. The van der Waals surface area contributed by atoms with Gasteiger partial charge in [0.25, 0.3) is 0 Å². The first-order valence-electron chi connectivity index (χ1n) is 7.89. The van der Waals surface area contributed by atoms with E-state index in [0.717, 1.165) is 34.8 Å². The molecule has 118 valence electrons. The Balaban J connectivity index is 1.86. The van der Waals surface area contributed by atoms with Crippen molar-refractivity contribution in [2.45, 2.75) is 6.54 Å². The molecule has 4 nitrogen and oxygen atoms in total. The van der Waals surface area contributed by atoms with Crippen LogP contribution in [0.25, 0.3) is 16.7 Å². The van der Waals surface area contributed by atoms with E-state index in [-0.39, 0.29) is 0 Å². The molecule has 0 saturated carbocycles. The fourth-order valence-corrected chi connectivity index (χ4v) is 2.87. The Hall–Kier alpha value is -3.14. The molecule has 0 aliphatic carbocycles. The van der Waals surface area contributed by atoms with E-state index in [4.69, 9.17) is 4.98 Å². The predicted molar refractivity (Wildman–Crippen MR) is 97.1 cm³/mol. The average molecular weight is 314 g/mol. The molecule has 0 spiro atoms. The van der Waals surface area contributed by atoms with Crippen molar-refractivity contribution < 1.29 is 0 Å². The van der Waals surface area contributed by atoms with E-state index in [2.05, 4.69) is 52.7 Å². The summed E-state index contributed by atoms with van der Waals surface area (Å²) in [6.45, 7) is 4.75. The molecule has 0 saturated heterocycles. The molecule has 1 aliphatic rings. The van der Waals surface area contributed by atoms with E-state index < -0.39 is 0 Å². The van der Waals surface area contributed by atoms with Crippen LogP contribution in [0.1, 0.15) is 11.4 Å². The maximum absolute atomic E-state index is 4.82. The van der Waals surface area contributed by atoms with Crippen LogP contribution in [-0.2, 0) is 6.54 Å². The molecule has 4 rings (SSSR count). The first kappa shape index (κ1) is 14.5. The Kier molecular flexibility index (Phi) is 3.50. The van der Waals surface area contributed by atoms with Crippen LogP contribution in [0.2, 0.25) is 0 Å². The zero-order chi connectivity index (χ0) is 16.5. The summed E-state index contributed by atoms with van der Waals surface area (Å²) in [7, 11) is 1.99. The highest BCUT2D eigenvalue weighted by Crippen LogP contribution is 2.26. The normalized spacial score (nSPS) is 14.3. The highest BCUT2D eigenvalue weighted by atomic mass is 15.1. The lowest BCUT2D eigenvalue weighted by atomic mass is 10.1. The van der Waals surface area contributed by atoms with Gasteiger partial charge in [0, 0.05) is 30.7 Å². The zero-order valence-corrected chi connectivity index (χ0v) is 13.6. The highest BCUT2D eigenvalue weighted by Gasteiger charge is 2.17. The fraction of sp³-hybridized carbons (Fsp3) is 0.100. The van der Waals surface area contributed by atoms with Gasteiger partial charge in [-0.2, -0.15) is 0 Å². The molecule has 3 heterocycles. The van der Waals surface area contributed by atoms with Crippen molar-refractivity contribution in [2.75, 3.05) is 7.05 Å². The molecule has 1 aliphatic heterocycles. The van der Waals surface area contributed by atoms with Crippen molar-refractivity contribution in [3.8, 4) is 0 Å². The van der Waals surface area contributed by atoms with Crippen molar-refractivity contribution in [2.24, 2.45) is 0 Å². The largest absolute Gasteiger partial charge is 0.351 e. The third kappa shape index (κ3) is 2.52. The number of pyridine rings is 1. The van der Waals surface area contributed by atoms with Crippen LogP contribution in [0.4, 0.5) is 0 Å². The monoisotopic (exact) mass is 314 g/mol. The molecule has 0 atom stereocenters. The maximum atomic E-state index is 4.82. The molecule has 0 bridgehead atoms. The summed E-state index contributed by atoms with van der Waals surface area (Å²) in [5.74, 6) is 0.920. The summed E-state index contributed by atoms with van der Waals surface area (Å²) in [6.07, 6.45) is 7.94. The van der Waals surface area contributed by atoms with Gasteiger partial charge in [-0.3, -0.25) is 0 Å². The molecule has 3 aromatic rings. The quantitative estimate of drug-likeness (QED) is 0.736. The van der Waals surface area contributed by atoms with E-state index in [0.29, 0.717) is 0 Å². The Morgan fingerprint density at radius 1 is 1.04 bits per heavy atom. The van der Waals surface area contributed by atoms with Gasteiger partial charge in [0.15, 0.2) is 5.65 Å². The van der Waals surface area contributed by atoms with Gasteiger partial charge in [0.05, 0.1) is 6.54 Å². The van der Waals surface area contributed by atoms with Crippen LogP contribution in [0.15, 0.2) is 79.3 Å². The summed E-state index contributed by atoms with van der Waals surface area (Å²) in [6, 6.07) is 14.3. The van der Waals surface area contributed by atoms with Crippen molar-refractivity contribution in [3.05, 3.63) is 90.7 Å². The molecule has 24 heavy (non-hydrogen) atoms. The number of rotatable bonds is 3. The first-order chi connectivity index (χ1) is 11.7. The Morgan fingerprint density at radius 2 is 1.88 bits per heavy atom. The Labute approximate surface area is 141 Å². The molecule has 2 aromatic heterocycles. The topological polar surface area (TPSA) is 34.0 Å². The Morgan fingerprint density at radius 3 is 2.67 bits per heavy atom. The number of aromatic nitrogens is 3. The van der Waals surface area contributed by atoms with Crippen LogP contribution < -0.4 is 0 Å². The maximum Gasteiger partial charge on any atom is 0.160 e. The number of hydrogen-bond acceptors (Lipinski definition) is 3. The van der Waals surface area contributed by atoms with Gasteiger partial charge in [0.2, 0.25) is 0 Å². The van der Waals surface area contributed by atoms with E-state index in [1.807, 2.05) is 42.4 Å². The van der Waals surface area contributed by atoms with Gasteiger partial charge < -0.3 is 9.47 Å². The second kappa shape index (κ2) is 5.81. The summed E-state index contributed by atoms with van der Waals surface area (Å²) < 4.78 is 2.17. The van der Waals surface area contributed by atoms with Gasteiger partial charge in [-0.15, -0.1) is 0 Å². The minimum Gasteiger partial charge on any atom is -0.351 e. The van der Waals surface area contributed by atoms with E-state index >= 15 is 0 Å². The highest BCUT2D eigenvalue weighted by molar-refractivity contribution is 5.80. The molecule has 0 N–H and O–H groups in total. The molecule has 0 unspecified atom stereocenters. The number of nitrogens with zero attached hydrogens (tertiary/aromatic N) is 4. The lowest BCUT2D eigenvalue weighted by Gasteiger charge is -2.20. The standard InChI is InChI=1S/C20H18N4/c1-15-10-11-17(14-23(15)2)19-22-18-9-6-12-21-20(18)24(19)13-16-7-4-3-5-8-16/h3-12,14H,1,13H2,2H3. The number of allylic oxidation sites excluding steroid dienone is 3. The average Bonchev–Trinajstić information content (AvgIpc) is 2.97. The van der Waals surface area contributed by atoms with Gasteiger partial charge >= 0.3 is 0 Å². The van der Waals surface area contributed by atoms with Crippen LogP contribution in [0.3, 0.4) is 0 Å². The first-order valence-corrected chi connectivity index (χ1v) is 7.89. The molecule has 1 aromatic carbocycles. The van der Waals surface area contributed by atoms with Crippen molar-refractivity contribution >= 4 is 16.7 Å². The summed E-state index contributed by atoms with van der Waals surface area (Å²) in [5, 5.41) is 0. The second-order valence-electron chi connectivity index (χ2n) is 5.87. The predicted octanol–water partition coefficient (Wildman–Crippen LogP) is 3.84. The van der Waals surface area contributed by atoms with Gasteiger partial charge in [-0.05, 0) is 29.8 Å². The molecule has 0 radical (unpaired) electrons. The fourth-order valence-electron chi connectivity index (χ4n) is 2.87. The number of hydrogen-bond donors (Lipinski definition) is 0. The van der Waals surface area contributed by atoms with Gasteiger partial charge in [-0.25, -0.2) is 9.97 Å². The van der Waals surface area contributed by atoms with Crippen molar-refractivity contribution in [1.29, 1.82) is 0 Å². The third-order valence-electron chi connectivity index (χ3n) is 4.19. The van der Waals surface area contributed by atoms with Crippen LogP contribution in [0.5, 0.6) is 0 Å². The van der Waals surface area contributed by atoms with Gasteiger partial charge in [0.1, 0.15) is 11.3 Å². The number of benzene rings is 1. The van der Waals surface area contributed by atoms with Crippen molar-refractivity contribution in [1.82, 2.24) is 19.4 Å². The SMILES string of the molecule is C=C1C=CC(c2nc3cccnc3n2Cc2ccccc2)=CN1C. The molecular formula is C20H18N4. The molecule has 4 heteroatoms. The molecular weight excluding hydrogens is 296 g/mol. The molecule has 0 amide bonds. The number of likely N-dealkylation sites (N-methyl/N-ethyl adjacent to an activating group) is 1. The van der Waals surface area contributed by atoms with E-state index in [1.165, 1.54) is 5.56 Å². The lowest BCUT2D eigenvalue weighted by Crippen LogP contribution is -2.13. The number of fused-ring (bicyclic) bond motifs is 1. The van der Waals surface area contributed by atoms with Crippen LogP contribution in [-0.4, -0.2) is 26.5 Å². The van der Waals surface area contributed by atoms with Crippen LogP contribution >= 0.6 is 0 Å². The molecule has 0 fully saturated rings. The van der Waals surface area contributed by atoms with Crippen molar-refractivity contribution in [3.63, 3.8) is 0 Å². The summed E-state index contributed by atoms with van der Waals surface area (Å²) in [4.78, 5) is 11.4. The van der Waals surface area contributed by atoms with Gasteiger partial charge in [-0.1, -0.05) is 36.9 Å². The minimum atomic E-state index is 0.736. The number of imidazole rings is 1. The zero-order valence-electron chi connectivity index (χ0n) is 13.6. The lowest BCUT2D eigenvalue weighted by molar-refractivity contribution is 0.588. The smallest absolute Gasteiger partial charge is 0.160 e. The second-order valence-corrected chi connectivity index (χ2v) is 5.87. The Bertz CT molecular complexity index is 964.